The van der Waals surface area contributed by atoms with Crippen LogP contribution >= 0.6 is 11.8 Å². The number of aromatic nitrogens is 3. The zero-order valence-electron chi connectivity index (χ0n) is 13.7. The minimum Gasteiger partial charge on any atom is -0.324 e. The first-order chi connectivity index (χ1) is 12.7. The van der Waals surface area contributed by atoms with Crippen LogP contribution in [-0.2, 0) is 11.3 Å². The van der Waals surface area contributed by atoms with Crippen molar-refractivity contribution in [3.63, 3.8) is 0 Å². The Hall–Kier alpha value is -3.13. The lowest BCUT2D eigenvalue weighted by Crippen LogP contribution is -2.19. The molecule has 0 aliphatic carbocycles. The smallest absolute Gasteiger partial charge is 0.255 e. The molecule has 0 saturated heterocycles. The third kappa shape index (κ3) is 3.60. The Morgan fingerprint density at radius 3 is 2.85 bits per heavy atom. The lowest BCUT2D eigenvalue weighted by atomic mass is 10.1. The number of hydrogen-bond donors (Lipinski definition) is 2. The molecule has 2 amide bonds. The van der Waals surface area contributed by atoms with E-state index in [9.17, 15) is 9.59 Å². The van der Waals surface area contributed by atoms with Crippen LogP contribution in [0.3, 0.4) is 0 Å². The summed E-state index contributed by atoms with van der Waals surface area (Å²) < 4.78 is 1.72. The van der Waals surface area contributed by atoms with Crippen molar-refractivity contribution in [2.75, 3.05) is 16.4 Å². The second-order valence-corrected chi connectivity index (χ2v) is 6.81. The Balaban J connectivity index is 1.44. The molecule has 1 aromatic heterocycles. The molecule has 0 bridgehead atoms. The maximum atomic E-state index is 12.4. The number of nitrogens with one attached hydrogen (secondary N) is 2. The summed E-state index contributed by atoms with van der Waals surface area (Å²) in [7, 11) is 0. The van der Waals surface area contributed by atoms with Crippen LogP contribution in [0.25, 0.3) is 0 Å². The molecule has 26 heavy (non-hydrogen) atoms. The molecule has 2 N–H and O–H groups in total. The molecule has 0 atom stereocenters. The highest BCUT2D eigenvalue weighted by Gasteiger charge is 2.16. The molecule has 130 valence electrons. The van der Waals surface area contributed by atoms with Crippen LogP contribution in [0.15, 0.2) is 60.0 Å². The number of nitrogens with zero attached hydrogens (tertiary/aromatic N) is 3. The van der Waals surface area contributed by atoms with Gasteiger partial charge in [-0.1, -0.05) is 12.1 Å². The van der Waals surface area contributed by atoms with Gasteiger partial charge in [0.05, 0.1) is 18.0 Å². The normalized spacial score (nSPS) is 13.0. The number of carbonyl (C=O) groups excluding carboxylic acids is 2. The average molecular weight is 365 g/mol. The third-order valence-electron chi connectivity index (χ3n) is 3.90. The second-order valence-electron chi connectivity index (χ2n) is 5.79. The summed E-state index contributed by atoms with van der Waals surface area (Å²) in [4.78, 5) is 28.8. The highest BCUT2D eigenvalue weighted by molar-refractivity contribution is 8.00. The standard InChI is InChI=1S/C18H15N5O2S/c24-17-9-26-16-6-5-14(7-15(16)22-17)21-18(25)13-3-1-12(2-4-13)8-23-11-19-10-20-23/h1-7,10-11H,8-9H2,(H,21,25)(H,22,24). The Morgan fingerprint density at radius 2 is 2.08 bits per heavy atom. The summed E-state index contributed by atoms with van der Waals surface area (Å²) in [5.41, 5.74) is 2.96. The van der Waals surface area contributed by atoms with Crippen LogP contribution in [-0.4, -0.2) is 32.3 Å². The lowest BCUT2D eigenvalue weighted by Gasteiger charge is -2.17. The fourth-order valence-electron chi connectivity index (χ4n) is 2.63. The van der Waals surface area contributed by atoms with E-state index in [0.29, 0.717) is 23.5 Å². The molecule has 0 fully saturated rings. The maximum absolute atomic E-state index is 12.4. The molecule has 0 saturated carbocycles. The number of thioether (sulfide) groups is 1. The highest BCUT2D eigenvalue weighted by Crippen LogP contribution is 2.33. The van der Waals surface area contributed by atoms with Crippen molar-refractivity contribution in [1.82, 2.24) is 14.8 Å². The van der Waals surface area contributed by atoms with E-state index in [4.69, 9.17) is 0 Å². The highest BCUT2D eigenvalue weighted by atomic mass is 32.2. The number of anilines is 2. The van der Waals surface area contributed by atoms with Crippen molar-refractivity contribution >= 4 is 35.0 Å². The second kappa shape index (κ2) is 7.01. The van der Waals surface area contributed by atoms with Crippen molar-refractivity contribution in [1.29, 1.82) is 0 Å². The SMILES string of the molecule is O=C1CSc2ccc(NC(=O)c3ccc(Cn4cncn4)cc3)cc2N1. The first-order valence-corrected chi connectivity index (χ1v) is 8.95. The molecule has 3 aromatic rings. The van der Waals surface area contributed by atoms with Gasteiger partial charge < -0.3 is 10.6 Å². The van der Waals surface area contributed by atoms with Gasteiger partial charge in [-0.3, -0.25) is 9.59 Å². The van der Waals surface area contributed by atoms with Gasteiger partial charge in [0.2, 0.25) is 5.91 Å². The number of hydrogen-bond acceptors (Lipinski definition) is 5. The predicted octanol–water partition coefficient (Wildman–Crippen LogP) is 2.62. The van der Waals surface area contributed by atoms with Gasteiger partial charge in [-0.2, -0.15) is 5.10 Å². The van der Waals surface area contributed by atoms with E-state index in [0.717, 1.165) is 16.1 Å². The number of carbonyl (C=O) groups is 2. The number of benzene rings is 2. The van der Waals surface area contributed by atoms with Crippen molar-refractivity contribution < 1.29 is 9.59 Å². The molecule has 8 heteroatoms. The molecule has 4 rings (SSSR count). The van der Waals surface area contributed by atoms with Gasteiger partial charge >= 0.3 is 0 Å². The van der Waals surface area contributed by atoms with E-state index in [1.165, 1.54) is 18.1 Å². The fourth-order valence-corrected chi connectivity index (χ4v) is 3.42. The maximum Gasteiger partial charge on any atom is 0.255 e. The van der Waals surface area contributed by atoms with Crippen LogP contribution in [0.1, 0.15) is 15.9 Å². The molecule has 0 spiro atoms. The van der Waals surface area contributed by atoms with E-state index >= 15 is 0 Å². The summed E-state index contributed by atoms with van der Waals surface area (Å²) in [6.07, 6.45) is 3.13. The van der Waals surface area contributed by atoms with Crippen molar-refractivity contribution in [3.05, 3.63) is 66.2 Å². The van der Waals surface area contributed by atoms with Gasteiger partial charge in [0, 0.05) is 16.1 Å². The quantitative estimate of drug-likeness (QED) is 0.742. The molecule has 2 heterocycles. The van der Waals surface area contributed by atoms with Crippen LogP contribution < -0.4 is 10.6 Å². The predicted molar refractivity (Wildman–Crippen MR) is 99.3 cm³/mol. The summed E-state index contributed by atoms with van der Waals surface area (Å²) in [6, 6.07) is 12.8. The zero-order valence-corrected chi connectivity index (χ0v) is 14.5. The summed E-state index contributed by atoms with van der Waals surface area (Å²) in [5.74, 6) is 0.181. The van der Waals surface area contributed by atoms with Crippen molar-refractivity contribution in [2.24, 2.45) is 0 Å². The largest absolute Gasteiger partial charge is 0.324 e. The molecular weight excluding hydrogens is 350 g/mol. The van der Waals surface area contributed by atoms with E-state index in [2.05, 4.69) is 20.7 Å². The minimum absolute atomic E-state index is 0.0334. The average Bonchev–Trinajstić information content (AvgIpc) is 3.15. The Bertz CT molecular complexity index is 954. The Kier molecular flexibility index (Phi) is 4.40. The Labute approximate surface area is 153 Å². The molecule has 1 aliphatic heterocycles. The molecule has 1 aliphatic rings. The van der Waals surface area contributed by atoms with Crippen LogP contribution in [0, 0.1) is 0 Å². The number of rotatable bonds is 4. The summed E-state index contributed by atoms with van der Waals surface area (Å²) in [6.45, 7) is 0.601. The Morgan fingerprint density at radius 1 is 1.23 bits per heavy atom. The van der Waals surface area contributed by atoms with E-state index in [-0.39, 0.29) is 11.8 Å². The molecule has 7 nitrogen and oxygen atoms in total. The summed E-state index contributed by atoms with van der Waals surface area (Å²) >= 11 is 1.49. The lowest BCUT2D eigenvalue weighted by molar-refractivity contribution is -0.113. The zero-order chi connectivity index (χ0) is 17.9. The van der Waals surface area contributed by atoms with Crippen LogP contribution in [0.4, 0.5) is 11.4 Å². The van der Waals surface area contributed by atoms with Gasteiger partial charge in [-0.15, -0.1) is 11.8 Å². The number of fused-ring (bicyclic) bond motifs is 1. The van der Waals surface area contributed by atoms with Gasteiger partial charge in [-0.25, -0.2) is 9.67 Å². The van der Waals surface area contributed by atoms with E-state index in [1.54, 1.807) is 29.2 Å². The monoisotopic (exact) mass is 365 g/mol. The van der Waals surface area contributed by atoms with Crippen molar-refractivity contribution in [3.8, 4) is 0 Å². The molecule has 0 radical (unpaired) electrons. The van der Waals surface area contributed by atoms with Gasteiger partial charge in [0.1, 0.15) is 12.7 Å². The topological polar surface area (TPSA) is 88.9 Å². The van der Waals surface area contributed by atoms with Gasteiger partial charge in [0.15, 0.2) is 0 Å². The van der Waals surface area contributed by atoms with Crippen molar-refractivity contribution in [2.45, 2.75) is 11.4 Å². The minimum atomic E-state index is -0.202. The third-order valence-corrected chi connectivity index (χ3v) is 4.97. The van der Waals surface area contributed by atoms with E-state index < -0.39 is 0 Å². The molecule has 0 unspecified atom stereocenters. The van der Waals surface area contributed by atoms with Gasteiger partial charge in [0.25, 0.3) is 5.91 Å². The first kappa shape index (κ1) is 16.3. The first-order valence-electron chi connectivity index (χ1n) is 7.97. The molecular formula is C18H15N5O2S. The molecule has 2 aromatic carbocycles. The van der Waals surface area contributed by atoms with Crippen LogP contribution in [0.5, 0.6) is 0 Å². The van der Waals surface area contributed by atoms with Crippen LogP contribution in [0.2, 0.25) is 0 Å². The number of amides is 2. The fraction of sp³-hybridized carbons (Fsp3) is 0.111. The summed E-state index contributed by atoms with van der Waals surface area (Å²) in [5, 5.41) is 9.74. The van der Waals surface area contributed by atoms with Gasteiger partial charge in [-0.05, 0) is 35.9 Å². The van der Waals surface area contributed by atoms with E-state index in [1.807, 2.05) is 24.3 Å².